The Labute approximate surface area is 113 Å². The van der Waals surface area contributed by atoms with Gasteiger partial charge in [0.2, 0.25) is 5.88 Å². The Hall–Kier alpha value is -2.07. The lowest BCUT2D eigenvalue weighted by Crippen LogP contribution is -2.18. The quantitative estimate of drug-likeness (QED) is 0.896. The second-order valence-corrected chi connectivity index (χ2v) is 4.40. The average molecular weight is 258 g/mol. The van der Waals surface area contributed by atoms with Gasteiger partial charge in [-0.05, 0) is 31.5 Å². The highest BCUT2D eigenvalue weighted by Crippen LogP contribution is 2.31. The third kappa shape index (κ3) is 3.45. The molecule has 100 valence electrons. The van der Waals surface area contributed by atoms with Crippen molar-refractivity contribution in [1.82, 2.24) is 4.98 Å². The molecule has 1 aromatic carbocycles. The number of pyridine rings is 1. The minimum Gasteiger partial charge on any atom is -0.493 e. The van der Waals surface area contributed by atoms with Crippen LogP contribution in [-0.4, -0.2) is 18.1 Å². The Morgan fingerprint density at radius 1 is 1.16 bits per heavy atom. The summed E-state index contributed by atoms with van der Waals surface area (Å²) in [5.41, 5.74) is 6.82. The number of rotatable bonds is 5. The monoisotopic (exact) mass is 258 g/mol. The molecule has 1 atom stereocenters. The van der Waals surface area contributed by atoms with Crippen molar-refractivity contribution in [1.29, 1.82) is 0 Å². The van der Waals surface area contributed by atoms with Gasteiger partial charge in [-0.3, -0.25) is 0 Å². The lowest BCUT2D eigenvalue weighted by Gasteiger charge is -2.13. The number of ether oxygens (including phenoxy) is 2. The van der Waals surface area contributed by atoms with E-state index in [1.807, 2.05) is 43.3 Å². The van der Waals surface area contributed by atoms with Crippen molar-refractivity contribution < 1.29 is 9.47 Å². The van der Waals surface area contributed by atoms with Crippen LogP contribution in [0.1, 0.15) is 12.5 Å². The Balaban J connectivity index is 2.27. The average Bonchev–Trinajstić information content (AvgIpc) is 2.41. The highest BCUT2D eigenvalue weighted by Gasteiger charge is 2.10. The Bertz CT molecular complexity index is 541. The van der Waals surface area contributed by atoms with Gasteiger partial charge in [-0.1, -0.05) is 18.2 Å². The van der Waals surface area contributed by atoms with E-state index in [0.29, 0.717) is 17.4 Å². The third-order valence-electron chi connectivity index (χ3n) is 2.67. The van der Waals surface area contributed by atoms with Gasteiger partial charge in [0, 0.05) is 17.8 Å². The first-order chi connectivity index (χ1) is 9.20. The van der Waals surface area contributed by atoms with Crippen LogP contribution in [0.2, 0.25) is 0 Å². The van der Waals surface area contributed by atoms with E-state index in [0.717, 1.165) is 12.0 Å². The molecule has 0 aliphatic heterocycles. The lowest BCUT2D eigenvalue weighted by molar-refractivity contribution is 0.372. The van der Waals surface area contributed by atoms with Crippen LogP contribution in [0.3, 0.4) is 0 Å². The maximum absolute atomic E-state index is 5.84. The van der Waals surface area contributed by atoms with Gasteiger partial charge in [-0.2, -0.15) is 0 Å². The second-order valence-electron chi connectivity index (χ2n) is 4.40. The van der Waals surface area contributed by atoms with Gasteiger partial charge < -0.3 is 15.2 Å². The molecular formula is C15H18N2O2. The molecular weight excluding hydrogens is 240 g/mol. The summed E-state index contributed by atoms with van der Waals surface area (Å²) < 4.78 is 11.1. The normalized spacial score (nSPS) is 11.9. The minimum atomic E-state index is 0.0595. The van der Waals surface area contributed by atoms with Crippen molar-refractivity contribution in [3.63, 3.8) is 0 Å². The van der Waals surface area contributed by atoms with Crippen molar-refractivity contribution in [2.24, 2.45) is 5.73 Å². The predicted octanol–water partition coefficient (Wildman–Crippen LogP) is 2.77. The van der Waals surface area contributed by atoms with E-state index in [9.17, 15) is 0 Å². The van der Waals surface area contributed by atoms with E-state index in [1.54, 1.807) is 13.3 Å². The fourth-order valence-corrected chi connectivity index (χ4v) is 1.83. The second kappa shape index (κ2) is 6.20. The highest BCUT2D eigenvalue weighted by atomic mass is 16.5. The van der Waals surface area contributed by atoms with Crippen molar-refractivity contribution in [2.75, 3.05) is 7.11 Å². The largest absolute Gasteiger partial charge is 0.493 e. The fourth-order valence-electron chi connectivity index (χ4n) is 1.83. The summed E-state index contributed by atoms with van der Waals surface area (Å²) in [6.07, 6.45) is 2.42. The summed E-state index contributed by atoms with van der Waals surface area (Å²) in [6, 6.07) is 11.4. The Morgan fingerprint density at radius 3 is 2.58 bits per heavy atom. The number of nitrogens with zero attached hydrogens (tertiary/aromatic N) is 1. The molecule has 0 fully saturated rings. The molecule has 19 heavy (non-hydrogen) atoms. The van der Waals surface area contributed by atoms with E-state index < -0.39 is 0 Å². The molecule has 0 saturated heterocycles. The molecule has 2 aromatic rings. The molecule has 1 heterocycles. The zero-order valence-corrected chi connectivity index (χ0v) is 11.2. The van der Waals surface area contributed by atoms with Gasteiger partial charge in [-0.25, -0.2) is 4.98 Å². The van der Waals surface area contributed by atoms with Crippen molar-refractivity contribution in [3.05, 3.63) is 48.2 Å². The molecule has 0 bridgehead atoms. The first kappa shape index (κ1) is 13.4. The van der Waals surface area contributed by atoms with Crippen LogP contribution in [0.5, 0.6) is 17.4 Å². The molecule has 0 aliphatic rings. The number of benzene rings is 1. The van der Waals surface area contributed by atoms with Crippen LogP contribution < -0.4 is 15.2 Å². The number of methoxy groups -OCH3 is 1. The lowest BCUT2D eigenvalue weighted by atomic mass is 10.1. The smallest absolute Gasteiger partial charge is 0.222 e. The highest BCUT2D eigenvalue weighted by molar-refractivity contribution is 5.42. The predicted molar refractivity (Wildman–Crippen MR) is 74.7 cm³/mol. The van der Waals surface area contributed by atoms with Gasteiger partial charge in [0.15, 0.2) is 11.5 Å². The van der Waals surface area contributed by atoms with Gasteiger partial charge in [-0.15, -0.1) is 0 Å². The topological polar surface area (TPSA) is 57.4 Å². The maximum atomic E-state index is 5.84. The van der Waals surface area contributed by atoms with Gasteiger partial charge in [0.25, 0.3) is 0 Å². The zero-order chi connectivity index (χ0) is 13.7. The molecule has 1 aromatic heterocycles. The van der Waals surface area contributed by atoms with E-state index in [2.05, 4.69) is 4.98 Å². The van der Waals surface area contributed by atoms with Crippen LogP contribution >= 0.6 is 0 Å². The van der Waals surface area contributed by atoms with E-state index in [-0.39, 0.29) is 6.04 Å². The molecule has 2 rings (SSSR count). The van der Waals surface area contributed by atoms with Crippen molar-refractivity contribution in [2.45, 2.75) is 19.4 Å². The molecule has 2 N–H and O–H groups in total. The third-order valence-corrected chi connectivity index (χ3v) is 2.67. The van der Waals surface area contributed by atoms with Gasteiger partial charge in [0.1, 0.15) is 0 Å². The van der Waals surface area contributed by atoms with Crippen LogP contribution in [0.15, 0.2) is 42.6 Å². The molecule has 0 radical (unpaired) electrons. The van der Waals surface area contributed by atoms with Crippen LogP contribution in [-0.2, 0) is 6.42 Å². The standard InChI is InChI=1S/C15H18N2O2/c1-11(16)10-12-6-5-9-17-15(12)19-14-8-4-3-7-13(14)18-2/h3-9,11H,10,16H2,1-2H3. The first-order valence-corrected chi connectivity index (χ1v) is 6.21. The van der Waals surface area contributed by atoms with Crippen molar-refractivity contribution >= 4 is 0 Å². The summed E-state index contributed by atoms with van der Waals surface area (Å²) in [5.74, 6) is 1.90. The van der Waals surface area contributed by atoms with Crippen LogP contribution in [0, 0.1) is 0 Å². The van der Waals surface area contributed by atoms with Crippen LogP contribution in [0.4, 0.5) is 0 Å². The fraction of sp³-hybridized carbons (Fsp3) is 0.267. The van der Waals surface area contributed by atoms with E-state index >= 15 is 0 Å². The molecule has 1 unspecified atom stereocenters. The molecule has 0 saturated carbocycles. The van der Waals surface area contributed by atoms with Gasteiger partial charge >= 0.3 is 0 Å². The number of hydrogen-bond donors (Lipinski definition) is 1. The summed E-state index contributed by atoms with van der Waals surface area (Å²) in [5, 5.41) is 0. The zero-order valence-electron chi connectivity index (χ0n) is 11.2. The van der Waals surface area contributed by atoms with Crippen molar-refractivity contribution in [3.8, 4) is 17.4 Å². The number of para-hydroxylation sites is 2. The first-order valence-electron chi connectivity index (χ1n) is 6.21. The maximum Gasteiger partial charge on any atom is 0.222 e. The van der Waals surface area contributed by atoms with E-state index in [1.165, 1.54) is 0 Å². The molecule has 0 amide bonds. The van der Waals surface area contributed by atoms with Crippen LogP contribution in [0.25, 0.3) is 0 Å². The number of nitrogens with two attached hydrogens (primary N) is 1. The summed E-state index contributed by atoms with van der Waals surface area (Å²) in [4.78, 5) is 4.27. The summed E-state index contributed by atoms with van der Waals surface area (Å²) >= 11 is 0. The molecule has 0 spiro atoms. The summed E-state index contributed by atoms with van der Waals surface area (Å²) in [7, 11) is 1.61. The number of aromatic nitrogens is 1. The Kier molecular flexibility index (Phi) is 4.36. The van der Waals surface area contributed by atoms with Gasteiger partial charge in [0.05, 0.1) is 7.11 Å². The molecule has 4 nitrogen and oxygen atoms in total. The van der Waals surface area contributed by atoms with E-state index in [4.69, 9.17) is 15.2 Å². The molecule has 0 aliphatic carbocycles. The Morgan fingerprint density at radius 2 is 1.89 bits per heavy atom. The SMILES string of the molecule is COc1ccccc1Oc1ncccc1CC(C)N. The summed E-state index contributed by atoms with van der Waals surface area (Å²) in [6.45, 7) is 1.96. The minimum absolute atomic E-state index is 0.0595. The number of hydrogen-bond acceptors (Lipinski definition) is 4. The molecule has 4 heteroatoms.